The first-order valence-electron chi connectivity index (χ1n) is 8.97. The van der Waals surface area contributed by atoms with Gasteiger partial charge in [0.05, 0.1) is 0 Å². The maximum Gasteiger partial charge on any atom is 0.314 e. The molecule has 4 heteroatoms. The van der Waals surface area contributed by atoms with Gasteiger partial charge in [0, 0.05) is 31.7 Å². The minimum Gasteiger partial charge on any atom is -0.381 e. The highest BCUT2D eigenvalue weighted by molar-refractivity contribution is 5.74. The zero-order valence-electron chi connectivity index (χ0n) is 14.5. The number of rotatable bonds is 6. The van der Waals surface area contributed by atoms with Crippen LogP contribution >= 0.6 is 0 Å². The van der Waals surface area contributed by atoms with Gasteiger partial charge in [-0.25, -0.2) is 4.79 Å². The molecule has 0 bridgehead atoms. The molecular weight excluding hydrogens is 312 g/mol. The molecule has 0 unspecified atom stereocenters. The number of carbonyl (C=O) groups excluding carboxylic acids is 1. The summed E-state index contributed by atoms with van der Waals surface area (Å²) in [4.78, 5) is 12.2. The Bertz CT molecular complexity index is 652. The summed E-state index contributed by atoms with van der Waals surface area (Å²) in [6, 6.07) is 20.5. The van der Waals surface area contributed by atoms with E-state index in [9.17, 15) is 4.79 Å². The van der Waals surface area contributed by atoms with Crippen molar-refractivity contribution in [3.63, 3.8) is 0 Å². The van der Waals surface area contributed by atoms with Crippen LogP contribution in [0.1, 0.15) is 24.0 Å². The normalized spacial score (nSPS) is 16.2. The topological polar surface area (TPSA) is 50.4 Å². The number of amides is 2. The zero-order valence-corrected chi connectivity index (χ0v) is 14.5. The van der Waals surface area contributed by atoms with E-state index in [4.69, 9.17) is 4.74 Å². The van der Waals surface area contributed by atoms with E-state index < -0.39 is 0 Å². The Kier molecular flexibility index (Phi) is 6.07. The fraction of sp³-hybridized carbons (Fsp3) is 0.381. The standard InChI is InChI=1S/C21H26N2O2/c24-20(22-14-11-18-7-3-1-4-8-18)23-17-21(12-15-25-16-13-21)19-9-5-2-6-10-19/h1-10H,11-17H2,(H2,22,23,24). The quantitative estimate of drug-likeness (QED) is 0.849. The van der Waals surface area contributed by atoms with Gasteiger partial charge >= 0.3 is 6.03 Å². The Morgan fingerprint density at radius 2 is 1.56 bits per heavy atom. The van der Waals surface area contributed by atoms with Gasteiger partial charge in [0.2, 0.25) is 0 Å². The molecule has 2 aromatic rings. The van der Waals surface area contributed by atoms with Crippen LogP contribution in [-0.2, 0) is 16.6 Å². The molecule has 2 aromatic carbocycles. The molecule has 25 heavy (non-hydrogen) atoms. The number of urea groups is 1. The molecule has 3 rings (SSSR count). The molecule has 0 saturated carbocycles. The molecular formula is C21H26N2O2. The second kappa shape index (κ2) is 8.67. The van der Waals surface area contributed by atoms with Gasteiger partial charge in [0.15, 0.2) is 0 Å². The van der Waals surface area contributed by atoms with Crippen LogP contribution in [0.4, 0.5) is 4.79 Å². The number of ether oxygens (including phenoxy) is 1. The molecule has 1 fully saturated rings. The molecule has 4 nitrogen and oxygen atoms in total. The third kappa shape index (κ3) is 4.83. The SMILES string of the molecule is O=C(NCCc1ccccc1)NCC1(c2ccccc2)CCOCC1. The van der Waals surface area contributed by atoms with Crippen molar-refractivity contribution in [3.05, 3.63) is 71.8 Å². The molecule has 2 amide bonds. The molecule has 1 heterocycles. The summed E-state index contributed by atoms with van der Waals surface area (Å²) in [6.45, 7) is 2.76. The van der Waals surface area contributed by atoms with E-state index in [1.54, 1.807) is 0 Å². The predicted octanol–water partition coefficient (Wildman–Crippen LogP) is 3.28. The molecule has 1 saturated heterocycles. The van der Waals surface area contributed by atoms with Crippen molar-refractivity contribution in [1.82, 2.24) is 10.6 Å². The van der Waals surface area contributed by atoms with Crippen LogP contribution in [0.5, 0.6) is 0 Å². The second-order valence-corrected chi connectivity index (χ2v) is 6.60. The Morgan fingerprint density at radius 1 is 0.920 bits per heavy atom. The van der Waals surface area contributed by atoms with E-state index in [0.717, 1.165) is 32.5 Å². The van der Waals surface area contributed by atoms with Crippen molar-refractivity contribution in [2.75, 3.05) is 26.3 Å². The second-order valence-electron chi connectivity index (χ2n) is 6.60. The zero-order chi connectivity index (χ0) is 17.4. The van der Waals surface area contributed by atoms with Gasteiger partial charge in [-0.1, -0.05) is 60.7 Å². The average Bonchev–Trinajstić information content (AvgIpc) is 2.69. The number of nitrogens with one attached hydrogen (secondary N) is 2. The maximum atomic E-state index is 12.2. The average molecular weight is 338 g/mol. The van der Waals surface area contributed by atoms with Crippen molar-refractivity contribution in [3.8, 4) is 0 Å². The van der Waals surface area contributed by atoms with Gasteiger partial charge in [-0.05, 0) is 30.4 Å². The Hall–Kier alpha value is -2.33. The third-order valence-corrected chi connectivity index (χ3v) is 4.97. The van der Waals surface area contributed by atoms with Crippen LogP contribution in [0.15, 0.2) is 60.7 Å². The fourth-order valence-corrected chi connectivity index (χ4v) is 3.40. The molecule has 0 aliphatic carbocycles. The Balaban J connectivity index is 1.52. The maximum absolute atomic E-state index is 12.2. The van der Waals surface area contributed by atoms with Crippen LogP contribution in [0.25, 0.3) is 0 Å². The van der Waals surface area contributed by atoms with Gasteiger partial charge in [-0.3, -0.25) is 0 Å². The monoisotopic (exact) mass is 338 g/mol. The van der Waals surface area contributed by atoms with Gasteiger partial charge in [-0.15, -0.1) is 0 Å². The van der Waals surface area contributed by atoms with E-state index in [0.29, 0.717) is 13.1 Å². The lowest BCUT2D eigenvalue weighted by atomic mass is 9.74. The highest BCUT2D eigenvalue weighted by Crippen LogP contribution is 2.34. The van der Waals surface area contributed by atoms with Crippen molar-refractivity contribution >= 4 is 6.03 Å². The summed E-state index contributed by atoms with van der Waals surface area (Å²) in [5.74, 6) is 0. The number of benzene rings is 2. The van der Waals surface area contributed by atoms with Crippen LogP contribution in [0.2, 0.25) is 0 Å². The number of hydrogen-bond acceptors (Lipinski definition) is 2. The van der Waals surface area contributed by atoms with Gasteiger partial charge < -0.3 is 15.4 Å². The molecule has 0 aromatic heterocycles. The molecule has 0 spiro atoms. The number of hydrogen-bond donors (Lipinski definition) is 2. The highest BCUT2D eigenvalue weighted by atomic mass is 16.5. The molecule has 1 aliphatic rings. The molecule has 132 valence electrons. The van der Waals surface area contributed by atoms with Crippen molar-refractivity contribution in [2.45, 2.75) is 24.7 Å². The van der Waals surface area contributed by atoms with Crippen LogP contribution in [-0.4, -0.2) is 32.3 Å². The molecule has 0 radical (unpaired) electrons. The summed E-state index contributed by atoms with van der Waals surface area (Å²) in [5, 5.41) is 6.03. The minimum atomic E-state index is -0.0993. The summed E-state index contributed by atoms with van der Waals surface area (Å²) in [7, 11) is 0. The van der Waals surface area contributed by atoms with E-state index in [1.165, 1.54) is 11.1 Å². The van der Waals surface area contributed by atoms with Crippen LogP contribution in [0, 0.1) is 0 Å². The lowest BCUT2D eigenvalue weighted by molar-refractivity contribution is 0.0507. The Labute approximate surface area is 149 Å². The lowest BCUT2D eigenvalue weighted by Crippen LogP contribution is -2.47. The summed E-state index contributed by atoms with van der Waals surface area (Å²) in [5.41, 5.74) is 2.48. The van der Waals surface area contributed by atoms with Gasteiger partial charge in [0.25, 0.3) is 0 Å². The van der Waals surface area contributed by atoms with Gasteiger partial charge in [0.1, 0.15) is 0 Å². The lowest BCUT2D eigenvalue weighted by Gasteiger charge is -2.38. The highest BCUT2D eigenvalue weighted by Gasteiger charge is 2.34. The van der Waals surface area contributed by atoms with Crippen molar-refractivity contribution in [2.24, 2.45) is 0 Å². The summed E-state index contributed by atoms with van der Waals surface area (Å²) < 4.78 is 5.54. The molecule has 1 aliphatic heterocycles. The summed E-state index contributed by atoms with van der Waals surface area (Å²) in [6.07, 6.45) is 2.70. The van der Waals surface area contributed by atoms with E-state index in [1.807, 2.05) is 24.3 Å². The summed E-state index contributed by atoms with van der Waals surface area (Å²) >= 11 is 0. The fourth-order valence-electron chi connectivity index (χ4n) is 3.40. The third-order valence-electron chi connectivity index (χ3n) is 4.97. The van der Waals surface area contributed by atoms with Gasteiger partial charge in [-0.2, -0.15) is 0 Å². The molecule has 2 N–H and O–H groups in total. The van der Waals surface area contributed by atoms with E-state index in [-0.39, 0.29) is 11.4 Å². The van der Waals surface area contributed by atoms with E-state index >= 15 is 0 Å². The largest absolute Gasteiger partial charge is 0.381 e. The molecule has 0 atom stereocenters. The smallest absolute Gasteiger partial charge is 0.314 e. The minimum absolute atomic E-state index is 0.0315. The van der Waals surface area contributed by atoms with Crippen LogP contribution < -0.4 is 10.6 Å². The first-order chi connectivity index (χ1) is 12.3. The van der Waals surface area contributed by atoms with Crippen molar-refractivity contribution < 1.29 is 9.53 Å². The Morgan fingerprint density at radius 3 is 2.24 bits per heavy atom. The van der Waals surface area contributed by atoms with Crippen LogP contribution in [0.3, 0.4) is 0 Å². The van der Waals surface area contributed by atoms with Crippen molar-refractivity contribution in [1.29, 1.82) is 0 Å². The predicted molar refractivity (Wildman–Crippen MR) is 99.7 cm³/mol. The first kappa shape index (κ1) is 17.5. The number of carbonyl (C=O) groups is 1. The van der Waals surface area contributed by atoms with E-state index in [2.05, 4.69) is 47.0 Å². The first-order valence-corrected chi connectivity index (χ1v) is 8.97.